The van der Waals surface area contributed by atoms with Crippen LogP contribution in [0, 0.1) is 11.8 Å². The topological polar surface area (TPSA) is 62.2 Å². The minimum Gasteiger partial charge on any atom is -0.395 e. The summed E-state index contributed by atoms with van der Waals surface area (Å²) in [5.41, 5.74) is 1.10. The summed E-state index contributed by atoms with van der Waals surface area (Å²) in [5.74, 6) is 5.46. The fourth-order valence-electron chi connectivity index (χ4n) is 1.25. The minimum atomic E-state index is -0.157. The SMILES string of the molecule is CC(C)NC(=O)c1ccncc1C#CCCO. The number of carbonyl (C=O) groups excluding carboxylic acids is 1. The van der Waals surface area contributed by atoms with Crippen molar-refractivity contribution >= 4 is 5.91 Å². The third-order valence-electron chi connectivity index (χ3n) is 1.95. The molecule has 0 fully saturated rings. The van der Waals surface area contributed by atoms with Crippen LogP contribution in [-0.4, -0.2) is 28.6 Å². The zero-order valence-electron chi connectivity index (χ0n) is 10.0. The molecule has 0 radical (unpaired) electrons. The average molecular weight is 232 g/mol. The van der Waals surface area contributed by atoms with Crippen LogP contribution >= 0.6 is 0 Å². The number of hydrogen-bond acceptors (Lipinski definition) is 3. The first-order chi connectivity index (χ1) is 8.15. The largest absolute Gasteiger partial charge is 0.395 e. The standard InChI is InChI=1S/C13H16N2O2/c1-10(2)15-13(17)12-6-7-14-9-11(12)5-3-4-8-16/h6-7,9-10,16H,4,8H2,1-2H3,(H,15,17). The van der Waals surface area contributed by atoms with Crippen molar-refractivity contribution in [1.82, 2.24) is 10.3 Å². The highest BCUT2D eigenvalue weighted by Crippen LogP contribution is 2.05. The van der Waals surface area contributed by atoms with Gasteiger partial charge in [-0.05, 0) is 19.9 Å². The molecule has 90 valence electrons. The quantitative estimate of drug-likeness (QED) is 0.763. The van der Waals surface area contributed by atoms with Gasteiger partial charge in [0.05, 0.1) is 17.7 Å². The molecule has 0 saturated carbocycles. The number of amides is 1. The predicted octanol–water partition coefficient (Wildman–Crippen LogP) is 0.954. The molecule has 1 rings (SSSR count). The number of aromatic nitrogens is 1. The number of carbonyl (C=O) groups is 1. The van der Waals surface area contributed by atoms with Gasteiger partial charge < -0.3 is 10.4 Å². The minimum absolute atomic E-state index is 0.0147. The van der Waals surface area contributed by atoms with Crippen molar-refractivity contribution in [3.8, 4) is 11.8 Å². The van der Waals surface area contributed by atoms with E-state index in [4.69, 9.17) is 5.11 Å². The van der Waals surface area contributed by atoms with Gasteiger partial charge >= 0.3 is 0 Å². The molecule has 0 aliphatic rings. The Morgan fingerprint density at radius 2 is 2.35 bits per heavy atom. The summed E-state index contributed by atoms with van der Waals surface area (Å²) in [6.45, 7) is 3.81. The van der Waals surface area contributed by atoms with Gasteiger partial charge in [-0.25, -0.2) is 0 Å². The highest BCUT2D eigenvalue weighted by atomic mass is 16.2. The lowest BCUT2D eigenvalue weighted by molar-refractivity contribution is 0.0943. The fraction of sp³-hybridized carbons (Fsp3) is 0.385. The van der Waals surface area contributed by atoms with Gasteiger partial charge in [0.2, 0.25) is 0 Å². The molecule has 0 unspecified atom stereocenters. The van der Waals surface area contributed by atoms with E-state index in [1.807, 2.05) is 13.8 Å². The average Bonchev–Trinajstić information content (AvgIpc) is 2.29. The monoisotopic (exact) mass is 232 g/mol. The molecule has 17 heavy (non-hydrogen) atoms. The number of nitrogens with zero attached hydrogens (tertiary/aromatic N) is 1. The Morgan fingerprint density at radius 1 is 1.59 bits per heavy atom. The molecule has 0 saturated heterocycles. The smallest absolute Gasteiger partial charge is 0.252 e. The van der Waals surface area contributed by atoms with E-state index in [0.29, 0.717) is 17.5 Å². The van der Waals surface area contributed by atoms with Crippen molar-refractivity contribution in [3.63, 3.8) is 0 Å². The zero-order valence-corrected chi connectivity index (χ0v) is 10.0. The molecule has 0 aliphatic heterocycles. The first-order valence-corrected chi connectivity index (χ1v) is 5.49. The Kier molecular flexibility index (Phi) is 5.18. The molecule has 2 N–H and O–H groups in total. The van der Waals surface area contributed by atoms with Gasteiger partial charge in [0, 0.05) is 24.9 Å². The number of hydrogen-bond donors (Lipinski definition) is 2. The molecular formula is C13H16N2O2. The summed E-state index contributed by atoms with van der Waals surface area (Å²) in [5, 5.41) is 11.5. The second-order valence-electron chi connectivity index (χ2n) is 3.82. The van der Waals surface area contributed by atoms with E-state index in [1.165, 1.54) is 0 Å². The van der Waals surface area contributed by atoms with E-state index in [9.17, 15) is 4.79 Å². The third kappa shape index (κ3) is 4.25. The second kappa shape index (κ2) is 6.66. The van der Waals surface area contributed by atoms with Crippen LogP contribution in [0.3, 0.4) is 0 Å². The molecule has 1 heterocycles. The number of aliphatic hydroxyl groups is 1. The Balaban J connectivity index is 2.92. The first-order valence-electron chi connectivity index (χ1n) is 5.49. The van der Waals surface area contributed by atoms with Gasteiger partial charge in [-0.15, -0.1) is 0 Å². The van der Waals surface area contributed by atoms with Crippen LogP contribution in [0.15, 0.2) is 18.5 Å². The lowest BCUT2D eigenvalue weighted by Crippen LogP contribution is -2.30. The summed E-state index contributed by atoms with van der Waals surface area (Å²) in [7, 11) is 0. The highest BCUT2D eigenvalue weighted by Gasteiger charge is 2.10. The molecule has 1 aromatic rings. The molecule has 1 amide bonds. The lowest BCUT2D eigenvalue weighted by atomic mass is 10.1. The van der Waals surface area contributed by atoms with Crippen molar-refractivity contribution in [2.45, 2.75) is 26.3 Å². The van der Waals surface area contributed by atoms with Gasteiger partial charge in [-0.2, -0.15) is 0 Å². The maximum atomic E-state index is 11.9. The van der Waals surface area contributed by atoms with Gasteiger partial charge in [0.1, 0.15) is 0 Å². The highest BCUT2D eigenvalue weighted by molar-refractivity contribution is 5.96. The van der Waals surface area contributed by atoms with Crippen LogP contribution in [0.1, 0.15) is 36.2 Å². The van der Waals surface area contributed by atoms with Gasteiger partial charge in [0.15, 0.2) is 0 Å². The Morgan fingerprint density at radius 3 is 3.00 bits per heavy atom. The third-order valence-corrected chi connectivity index (χ3v) is 1.95. The van der Waals surface area contributed by atoms with Crippen molar-refractivity contribution in [2.24, 2.45) is 0 Å². The summed E-state index contributed by atoms with van der Waals surface area (Å²) in [6, 6.07) is 1.72. The van der Waals surface area contributed by atoms with Crippen LogP contribution in [0.4, 0.5) is 0 Å². The molecule has 4 nitrogen and oxygen atoms in total. The molecule has 1 aromatic heterocycles. The lowest BCUT2D eigenvalue weighted by Gasteiger charge is -2.09. The van der Waals surface area contributed by atoms with E-state index in [2.05, 4.69) is 22.1 Å². The number of aliphatic hydroxyl groups excluding tert-OH is 1. The second-order valence-corrected chi connectivity index (χ2v) is 3.82. The van der Waals surface area contributed by atoms with Crippen molar-refractivity contribution in [2.75, 3.05) is 6.61 Å². The normalized spacial score (nSPS) is 9.65. The van der Waals surface area contributed by atoms with Crippen molar-refractivity contribution < 1.29 is 9.90 Å². The summed E-state index contributed by atoms with van der Waals surface area (Å²) in [4.78, 5) is 15.8. The van der Waals surface area contributed by atoms with Crippen LogP contribution in [0.5, 0.6) is 0 Å². The Hall–Kier alpha value is -1.86. The number of nitrogens with one attached hydrogen (secondary N) is 1. The van der Waals surface area contributed by atoms with Crippen LogP contribution < -0.4 is 5.32 Å². The summed E-state index contributed by atoms with van der Waals surface area (Å²) < 4.78 is 0. The molecule has 0 aromatic carbocycles. The summed E-state index contributed by atoms with van der Waals surface area (Å²) in [6.07, 6.45) is 3.51. The Bertz CT molecular complexity index is 444. The molecule has 4 heteroatoms. The van der Waals surface area contributed by atoms with Crippen LogP contribution in [0.2, 0.25) is 0 Å². The van der Waals surface area contributed by atoms with E-state index in [0.717, 1.165) is 0 Å². The molecule has 0 spiro atoms. The van der Waals surface area contributed by atoms with Gasteiger partial charge in [-0.3, -0.25) is 9.78 Å². The molecular weight excluding hydrogens is 216 g/mol. The number of rotatable bonds is 3. The Labute approximate surface area is 101 Å². The van der Waals surface area contributed by atoms with E-state index in [-0.39, 0.29) is 18.6 Å². The van der Waals surface area contributed by atoms with Crippen molar-refractivity contribution in [1.29, 1.82) is 0 Å². The van der Waals surface area contributed by atoms with Crippen molar-refractivity contribution in [3.05, 3.63) is 29.6 Å². The predicted molar refractivity (Wildman–Crippen MR) is 65.4 cm³/mol. The maximum Gasteiger partial charge on any atom is 0.252 e. The van der Waals surface area contributed by atoms with Gasteiger partial charge in [-0.1, -0.05) is 11.8 Å². The first kappa shape index (κ1) is 13.2. The zero-order chi connectivity index (χ0) is 12.7. The molecule has 0 bridgehead atoms. The van der Waals surface area contributed by atoms with Crippen LogP contribution in [0.25, 0.3) is 0 Å². The molecule has 0 atom stereocenters. The summed E-state index contributed by atoms with van der Waals surface area (Å²) >= 11 is 0. The maximum absolute atomic E-state index is 11.9. The van der Waals surface area contributed by atoms with Crippen LogP contribution in [-0.2, 0) is 0 Å². The van der Waals surface area contributed by atoms with E-state index >= 15 is 0 Å². The molecule has 0 aliphatic carbocycles. The van der Waals surface area contributed by atoms with E-state index in [1.54, 1.807) is 18.5 Å². The van der Waals surface area contributed by atoms with E-state index < -0.39 is 0 Å². The fourth-order valence-corrected chi connectivity index (χ4v) is 1.25. The number of pyridine rings is 1. The van der Waals surface area contributed by atoms with Gasteiger partial charge in [0.25, 0.3) is 5.91 Å².